The number of hydrogen-bond donors (Lipinski definition) is 1. The second kappa shape index (κ2) is 6.05. The number of hydrogen-bond acceptors (Lipinski definition) is 2. The highest BCUT2D eigenvalue weighted by molar-refractivity contribution is 9.10. The summed E-state index contributed by atoms with van der Waals surface area (Å²) in [5.74, 6) is 1.15. The minimum absolute atomic E-state index is 0.0329. The molecule has 3 aliphatic carbocycles. The number of halogens is 1. The SMILES string of the molecule is Cc1cc(Br)cc2c1C(C(=O)NCC13CCC(CC1)CC3)CN2C. The monoisotopic (exact) mass is 390 g/mol. The van der Waals surface area contributed by atoms with E-state index in [2.05, 4.69) is 52.3 Å². The van der Waals surface area contributed by atoms with Crippen LogP contribution in [-0.4, -0.2) is 26.0 Å². The van der Waals surface area contributed by atoms with Crippen molar-refractivity contribution >= 4 is 27.5 Å². The molecule has 2 bridgehead atoms. The average Bonchev–Trinajstić information content (AvgIpc) is 2.92. The zero-order chi connectivity index (χ0) is 16.9. The van der Waals surface area contributed by atoms with E-state index in [1.165, 1.54) is 55.3 Å². The number of rotatable bonds is 3. The molecule has 1 amide bonds. The summed E-state index contributed by atoms with van der Waals surface area (Å²) in [5, 5.41) is 3.34. The van der Waals surface area contributed by atoms with Crippen LogP contribution in [0.1, 0.15) is 55.6 Å². The van der Waals surface area contributed by atoms with E-state index in [-0.39, 0.29) is 11.8 Å². The van der Waals surface area contributed by atoms with Crippen LogP contribution < -0.4 is 10.2 Å². The van der Waals surface area contributed by atoms with Crippen molar-refractivity contribution in [2.45, 2.75) is 51.4 Å². The van der Waals surface area contributed by atoms with Gasteiger partial charge in [0, 0.05) is 30.3 Å². The van der Waals surface area contributed by atoms with Gasteiger partial charge in [-0.25, -0.2) is 0 Å². The van der Waals surface area contributed by atoms with Gasteiger partial charge in [-0.3, -0.25) is 4.79 Å². The van der Waals surface area contributed by atoms with Crippen LogP contribution in [0.2, 0.25) is 0 Å². The van der Waals surface area contributed by atoms with Crippen molar-refractivity contribution < 1.29 is 4.79 Å². The van der Waals surface area contributed by atoms with Crippen LogP contribution in [0.3, 0.4) is 0 Å². The molecular formula is C20H27BrN2O. The van der Waals surface area contributed by atoms with Crippen molar-refractivity contribution in [2.24, 2.45) is 11.3 Å². The number of fused-ring (bicyclic) bond motifs is 4. The summed E-state index contributed by atoms with van der Waals surface area (Å²) in [6.45, 7) is 3.78. The minimum atomic E-state index is -0.0329. The van der Waals surface area contributed by atoms with Gasteiger partial charge in [0.1, 0.15) is 0 Å². The molecule has 0 radical (unpaired) electrons. The Kier molecular flexibility index (Phi) is 4.14. The molecular weight excluding hydrogens is 364 g/mol. The van der Waals surface area contributed by atoms with E-state index < -0.39 is 0 Å². The van der Waals surface area contributed by atoms with Crippen molar-refractivity contribution in [1.82, 2.24) is 5.32 Å². The molecule has 130 valence electrons. The fourth-order valence-electron chi connectivity index (χ4n) is 5.19. The van der Waals surface area contributed by atoms with Crippen LogP contribution in [0.5, 0.6) is 0 Å². The number of likely N-dealkylation sites (N-methyl/N-ethyl adjacent to an activating group) is 1. The van der Waals surface area contributed by atoms with Gasteiger partial charge in [-0.2, -0.15) is 0 Å². The van der Waals surface area contributed by atoms with E-state index in [1.54, 1.807) is 0 Å². The molecule has 3 nitrogen and oxygen atoms in total. The van der Waals surface area contributed by atoms with E-state index in [0.717, 1.165) is 23.5 Å². The molecule has 1 aliphatic heterocycles. The van der Waals surface area contributed by atoms with Gasteiger partial charge in [-0.05, 0) is 80.0 Å². The van der Waals surface area contributed by atoms with E-state index >= 15 is 0 Å². The van der Waals surface area contributed by atoms with Crippen LogP contribution in [0.4, 0.5) is 5.69 Å². The van der Waals surface area contributed by atoms with Gasteiger partial charge in [0.2, 0.25) is 5.91 Å². The van der Waals surface area contributed by atoms with Gasteiger partial charge in [0.15, 0.2) is 0 Å². The summed E-state index contributed by atoms with van der Waals surface area (Å²) < 4.78 is 1.09. The maximum Gasteiger partial charge on any atom is 0.229 e. The zero-order valence-electron chi connectivity index (χ0n) is 14.7. The summed E-state index contributed by atoms with van der Waals surface area (Å²) in [6, 6.07) is 4.26. The Morgan fingerprint density at radius 3 is 2.62 bits per heavy atom. The third-order valence-electron chi connectivity index (χ3n) is 6.75. The average molecular weight is 391 g/mol. The Hall–Kier alpha value is -1.03. The lowest BCUT2D eigenvalue weighted by Gasteiger charge is -2.46. The molecule has 1 atom stereocenters. The predicted molar refractivity (Wildman–Crippen MR) is 102 cm³/mol. The quantitative estimate of drug-likeness (QED) is 0.830. The first kappa shape index (κ1) is 16.4. The van der Waals surface area contributed by atoms with Gasteiger partial charge >= 0.3 is 0 Å². The van der Waals surface area contributed by atoms with Gasteiger partial charge < -0.3 is 10.2 Å². The predicted octanol–water partition coefficient (Wildman–Crippen LogP) is 4.38. The van der Waals surface area contributed by atoms with Crippen molar-refractivity contribution in [3.05, 3.63) is 27.7 Å². The number of aryl methyl sites for hydroxylation is 1. The number of carbonyl (C=O) groups is 1. The molecule has 1 unspecified atom stereocenters. The van der Waals surface area contributed by atoms with Crippen molar-refractivity contribution in [2.75, 3.05) is 25.0 Å². The zero-order valence-corrected chi connectivity index (χ0v) is 16.3. The molecule has 0 aromatic heterocycles. The summed E-state index contributed by atoms with van der Waals surface area (Å²) in [4.78, 5) is 15.2. The normalized spacial score (nSPS) is 31.2. The Morgan fingerprint density at radius 1 is 1.29 bits per heavy atom. The summed E-state index contributed by atoms with van der Waals surface area (Å²) in [6.07, 6.45) is 8.05. The summed E-state index contributed by atoms with van der Waals surface area (Å²) >= 11 is 3.58. The second-order valence-corrected chi connectivity index (χ2v) is 9.20. The van der Waals surface area contributed by atoms with Gasteiger partial charge in [0.05, 0.1) is 5.92 Å². The van der Waals surface area contributed by atoms with Crippen LogP contribution in [-0.2, 0) is 4.79 Å². The Balaban J connectivity index is 1.48. The topological polar surface area (TPSA) is 32.3 Å². The highest BCUT2D eigenvalue weighted by Crippen LogP contribution is 2.50. The fraction of sp³-hybridized carbons (Fsp3) is 0.650. The van der Waals surface area contributed by atoms with Crippen molar-refractivity contribution in [1.29, 1.82) is 0 Å². The lowest BCUT2D eigenvalue weighted by molar-refractivity contribution is -0.123. The number of carbonyl (C=O) groups excluding carboxylic acids is 1. The highest BCUT2D eigenvalue weighted by atomic mass is 79.9. The van der Waals surface area contributed by atoms with Crippen molar-refractivity contribution in [3.63, 3.8) is 0 Å². The fourth-order valence-corrected chi connectivity index (χ4v) is 5.75. The minimum Gasteiger partial charge on any atom is -0.373 e. The molecule has 0 spiro atoms. The van der Waals surface area contributed by atoms with E-state index in [9.17, 15) is 4.79 Å². The highest BCUT2D eigenvalue weighted by Gasteiger charge is 2.41. The molecule has 1 heterocycles. The third kappa shape index (κ3) is 2.77. The van der Waals surface area contributed by atoms with E-state index in [0.29, 0.717) is 5.41 Å². The number of nitrogens with zero attached hydrogens (tertiary/aromatic N) is 1. The van der Waals surface area contributed by atoms with E-state index in [4.69, 9.17) is 0 Å². The van der Waals surface area contributed by atoms with Crippen LogP contribution in [0.15, 0.2) is 16.6 Å². The first-order valence-electron chi connectivity index (χ1n) is 9.26. The molecule has 4 heteroatoms. The molecule has 1 N–H and O–H groups in total. The molecule has 1 aromatic carbocycles. The summed E-state index contributed by atoms with van der Waals surface area (Å²) in [5.41, 5.74) is 4.01. The maximum absolute atomic E-state index is 13.0. The van der Waals surface area contributed by atoms with E-state index in [1.807, 2.05) is 0 Å². The first-order valence-corrected chi connectivity index (χ1v) is 10.1. The van der Waals surface area contributed by atoms with Gasteiger partial charge in [-0.15, -0.1) is 0 Å². The number of benzene rings is 1. The largest absolute Gasteiger partial charge is 0.373 e. The Labute approximate surface area is 153 Å². The van der Waals surface area contributed by atoms with Crippen LogP contribution in [0, 0.1) is 18.3 Å². The molecule has 1 aromatic rings. The lowest BCUT2D eigenvalue weighted by atomic mass is 9.61. The molecule has 3 fully saturated rings. The molecule has 5 rings (SSSR count). The Bertz CT molecular complexity index is 650. The standard InChI is InChI=1S/C20H27BrN2O/c1-13-9-15(21)10-17-18(13)16(11-23(17)2)19(24)22-12-20-6-3-14(4-7-20)5-8-20/h9-10,14,16H,3-8,11-12H2,1-2H3,(H,22,24). The van der Waals surface area contributed by atoms with Gasteiger partial charge in [0.25, 0.3) is 0 Å². The number of amides is 1. The lowest BCUT2D eigenvalue weighted by Crippen LogP contribution is -2.45. The first-order chi connectivity index (χ1) is 11.5. The second-order valence-electron chi connectivity index (χ2n) is 8.29. The summed E-state index contributed by atoms with van der Waals surface area (Å²) in [7, 11) is 2.08. The van der Waals surface area contributed by atoms with Gasteiger partial charge in [-0.1, -0.05) is 15.9 Å². The smallest absolute Gasteiger partial charge is 0.229 e. The van der Waals surface area contributed by atoms with Crippen molar-refractivity contribution in [3.8, 4) is 0 Å². The van der Waals surface area contributed by atoms with Crippen LogP contribution in [0.25, 0.3) is 0 Å². The number of nitrogens with one attached hydrogen (secondary N) is 1. The molecule has 3 saturated carbocycles. The Morgan fingerprint density at radius 2 is 1.96 bits per heavy atom. The van der Waals surface area contributed by atoms with Crippen LogP contribution >= 0.6 is 15.9 Å². The number of anilines is 1. The molecule has 0 saturated heterocycles. The molecule has 4 aliphatic rings. The third-order valence-corrected chi connectivity index (χ3v) is 7.21. The maximum atomic E-state index is 13.0. The molecule has 24 heavy (non-hydrogen) atoms.